The van der Waals surface area contributed by atoms with Crippen molar-refractivity contribution in [2.24, 2.45) is 4.99 Å². The molecule has 25 heavy (non-hydrogen) atoms. The number of amides is 1. The van der Waals surface area contributed by atoms with E-state index in [1.807, 2.05) is 18.9 Å². The fourth-order valence-electron chi connectivity index (χ4n) is 3.22. The van der Waals surface area contributed by atoms with E-state index in [1.165, 1.54) is 0 Å². The van der Waals surface area contributed by atoms with E-state index in [0.717, 1.165) is 62.1 Å². The maximum absolute atomic E-state index is 12.0. The minimum atomic E-state index is 0.304. The molecule has 0 radical (unpaired) electrons. The van der Waals surface area contributed by atoms with Crippen LogP contribution in [0.15, 0.2) is 10.4 Å². The number of hydrogen-bond acceptors (Lipinski definition) is 4. The van der Waals surface area contributed by atoms with E-state index in [2.05, 4.69) is 34.4 Å². The van der Waals surface area contributed by atoms with Crippen molar-refractivity contribution in [3.8, 4) is 0 Å². The summed E-state index contributed by atoms with van der Waals surface area (Å²) in [6, 6.07) is 0.313. The summed E-state index contributed by atoms with van der Waals surface area (Å²) in [5.41, 5.74) is 1.07. The first-order valence-corrected chi connectivity index (χ1v) is 10.1. The molecule has 0 aromatic carbocycles. The van der Waals surface area contributed by atoms with Crippen molar-refractivity contribution >= 4 is 23.2 Å². The van der Waals surface area contributed by atoms with Crippen LogP contribution in [0.1, 0.15) is 50.2 Å². The Balaban J connectivity index is 1.92. The predicted molar refractivity (Wildman–Crippen MR) is 104 cm³/mol. The van der Waals surface area contributed by atoms with Crippen LogP contribution in [-0.4, -0.2) is 59.4 Å². The Kier molecular flexibility index (Phi) is 7.68. The highest BCUT2D eigenvalue weighted by Crippen LogP contribution is 2.18. The normalized spacial score (nSPS) is 16.4. The Morgan fingerprint density at radius 2 is 2.32 bits per heavy atom. The molecule has 7 heteroatoms. The number of carbonyl (C=O) groups excluding carboxylic acids is 1. The number of carbonyl (C=O) groups is 1. The molecule has 0 aliphatic carbocycles. The molecule has 0 spiro atoms. The zero-order valence-corrected chi connectivity index (χ0v) is 16.7. The van der Waals surface area contributed by atoms with Gasteiger partial charge in [0, 0.05) is 44.5 Å². The first-order valence-electron chi connectivity index (χ1n) is 9.25. The van der Waals surface area contributed by atoms with E-state index < -0.39 is 0 Å². The highest BCUT2D eigenvalue weighted by atomic mass is 32.1. The van der Waals surface area contributed by atoms with Crippen molar-refractivity contribution in [1.82, 2.24) is 20.1 Å². The largest absolute Gasteiger partial charge is 0.357 e. The smallest absolute Gasteiger partial charge is 0.222 e. The van der Waals surface area contributed by atoms with E-state index in [4.69, 9.17) is 4.99 Å². The summed E-state index contributed by atoms with van der Waals surface area (Å²) in [5, 5.41) is 6.54. The highest BCUT2D eigenvalue weighted by molar-refractivity contribution is 7.09. The number of hydrogen-bond donors (Lipinski definition) is 1. The number of nitrogens with one attached hydrogen (secondary N) is 1. The number of likely N-dealkylation sites (tertiary alicyclic amines) is 1. The molecule has 1 aliphatic rings. The second-order valence-corrected chi connectivity index (χ2v) is 7.55. The molecule has 1 saturated heterocycles. The van der Waals surface area contributed by atoms with Crippen LogP contribution in [0.5, 0.6) is 0 Å². The fraction of sp³-hybridized carbons (Fsp3) is 0.722. The quantitative estimate of drug-likeness (QED) is 0.568. The van der Waals surface area contributed by atoms with Crippen molar-refractivity contribution in [3.05, 3.63) is 16.1 Å². The summed E-state index contributed by atoms with van der Waals surface area (Å²) in [5.74, 6) is 1.20. The summed E-state index contributed by atoms with van der Waals surface area (Å²) >= 11 is 1.67. The Labute approximate surface area is 155 Å². The molecule has 1 unspecified atom stereocenters. The average molecular weight is 366 g/mol. The van der Waals surface area contributed by atoms with Crippen molar-refractivity contribution in [3.63, 3.8) is 0 Å². The first-order chi connectivity index (χ1) is 12.0. The molecule has 1 aliphatic heterocycles. The Morgan fingerprint density at radius 1 is 1.52 bits per heavy atom. The number of guanidine groups is 1. The number of aryl methyl sites for hydroxylation is 1. The van der Waals surface area contributed by atoms with Crippen molar-refractivity contribution in [2.45, 2.75) is 59.0 Å². The number of nitrogens with zero attached hydrogens (tertiary/aromatic N) is 4. The summed E-state index contributed by atoms with van der Waals surface area (Å²) < 4.78 is 0. The van der Waals surface area contributed by atoms with E-state index in [-0.39, 0.29) is 0 Å². The van der Waals surface area contributed by atoms with Crippen LogP contribution in [0, 0.1) is 6.92 Å². The SMILES string of the molecule is CCNC(=NCCC(CC)N1CCCC1=O)N(C)Cc1csc(C)n1. The Morgan fingerprint density at radius 3 is 2.88 bits per heavy atom. The standard InChI is InChI=1S/C18H31N5OS/c1-5-16(23-11-7-8-17(23)24)9-10-20-18(19-6-2)22(4)12-15-13-25-14(3)21-15/h13,16H,5-12H2,1-4H3,(H,19,20). The van der Waals surface area contributed by atoms with Gasteiger partial charge < -0.3 is 15.1 Å². The van der Waals surface area contributed by atoms with Crippen molar-refractivity contribution in [1.29, 1.82) is 0 Å². The predicted octanol–water partition coefficient (Wildman–Crippen LogP) is 2.64. The van der Waals surface area contributed by atoms with Crippen molar-refractivity contribution < 1.29 is 4.79 Å². The van der Waals surface area contributed by atoms with Gasteiger partial charge in [0.1, 0.15) is 0 Å². The third-order valence-electron chi connectivity index (χ3n) is 4.51. The van der Waals surface area contributed by atoms with Crippen LogP contribution in [0.25, 0.3) is 0 Å². The van der Waals surface area contributed by atoms with Gasteiger partial charge >= 0.3 is 0 Å². The van der Waals surface area contributed by atoms with Gasteiger partial charge in [0.2, 0.25) is 5.91 Å². The summed E-state index contributed by atoms with van der Waals surface area (Å²) in [6.07, 6.45) is 3.61. The van der Waals surface area contributed by atoms with Crippen LogP contribution < -0.4 is 5.32 Å². The number of thiazole rings is 1. The van der Waals surface area contributed by atoms with Gasteiger partial charge in [0.25, 0.3) is 0 Å². The lowest BCUT2D eigenvalue weighted by molar-refractivity contribution is -0.129. The van der Waals surface area contributed by atoms with Crippen LogP contribution in [-0.2, 0) is 11.3 Å². The number of aliphatic imine (C=N–C) groups is 1. The Hall–Kier alpha value is -1.63. The van der Waals surface area contributed by atoms with Crippen LogP contribution in [0.2, 0.25) is 0 Å². The monoisotopic (exact) mass is 365 g/mol. The van der Waals surface area contributed by atoms with Crippen molar-refractivity contribution in [2.75, 3.05) is 26.7 Å². The van der Waals surface area contributed by atoms with E-state index in [0.29, 0.717) is 18.4 Å². The highest BCUT2D eigenvalue weighted by Gasteiger charge is 2.26. The van der Waals surface area contributed by atoms with E-state index >= 15 is 0 Å². The van der Waals surface area contributed by atoms with Gasteiger partial charge in [0.15, 0.2) is 5.96 Å². The average Bonchev–Trinajstić information content (AvgIpc) is 3.19. The van der Waals surface area contributed by atoms with Gasteiger partial charge in [-0.2, -0.15) is 0 Å². The molecule has 1 atom stereocenters. The van der Waals surface area contributed by atoms with Crippen LogP contribution in [0.4, 0.5) is 0 Å². The fourth-order valence-corrected chi connectivity index (χ4v) is 3.83. The second-order valence-electron chi connectivity index (χ2n) is 6.49. The molecular formula is C18H31N5OS. The molecular weight excluding hydrogens is 334 g/mol. The minimum absolute atomic E-state index is 0.304. The van der Waals surface area contributed by atoms with Gasteiger partial charge in [-0.15, -0.1) is 11.3 Å². The van der Waals surface area contributed by atoms with E-state index in [1.54, 1.807) is 11.3 Å². The number of rotatable bonds is 8. The third-order valence-corrected chi connectivity index (χ3v) is 5.33. The molecule has 2 heterocycles. The molecule has 1 amide bonds. The lowest BCUT2D eigenvalue weighted by Crippen LogP contribution is -2.39. The van der Waals surface area contributed by atoms with Gasteiger partial charge in [-0.25, -0.2) is 4.98 Å². The molecule has 1 aromatic rings. The zero-order valence-electron chi connectivity index (χ0n) is 15.9. The molecule has 6 nitrogen and oxygen atoms in total. The van der Waals surface area contributed by atoms with E-state index in [9.17, 15) is 4.79 Å². The van der Waals surface area contributed by atoms with Crippen LogP contribution in [0.3, 0.4) is 0 Å². The summed E-state index contributed by atoms with van der Waals surface area (Å²) in [7, 11) is 2.04. The molecule has 1 aromatic heterocycles. The maximum Gasteiger partial charge on any atom is 0.222 e. The Bertz CT molecular complexity index is 586. The molecule has 2 rings (SSSR count). The maximum atomic E-state index is 12.0. The second kappa shape index (κ2) is 9.75. The first kappa shape index (κ1) is 19.7. The van der Waals surface area contributed by atoms with Gasteiger partial charge in [-0.1, -0.05) is 6.92 Å². The summed E-state index contributed by atoms with van der Waals surface area (Å²) in [6.45, 7) is 9.47. The van der Waals surface area contributed by atoms with Crippen LogP contribution >= 0.6 is 11.3 Å². The van der Waals surface area contributed by atoms with Gasteiger partial charge in [-0.3, -0.25) is 9.79 Å². The topological polar surface area (TPSA) is 60.8 Å². The number of aromatic nitrogens is 1. The zero-order chi connectivity index (χ0) is 18.2. The molecule has 0 bridgehead atoms. The third kappa shape index (κ3) is 5.70. The minimum Gasteiger partial charge on any atom is -0.357 e. The molecule has 1 N–H and O–H groups in total. The molecule has 1 fully saturated rings. The summed E-state index contributed by atoms with van der Waals surface area (Å²) in [4.78, 5) is 25.4. The lowest BCUT2D eigenvalue weighted by atomic mass is 10.1. The lowest BCUT2D eigenvalue weighted by Gasteiger charge is -2.27. The molecule has 0 saturated carbocycles. The van der Waals surface area contributed by atoms with Gasteiger partial charge in [-0.05, 0) is 33.1 Å². The molecule has 140 valence electrons. The van der Waals surface area contributed by atoms with Gasteiger partial charge in [0.05, 0.1) is 17.2 Å².